The second-order valence-corrected chi connectivity index (χ2v) is 7.29. The van der Waals surface area contributed by atoms with Crippen LogP contribution < -0.4 is 0 Å². The summed E-state index contributed by atoms with van der Waals surface area (Å²) in [7, 11) is 0. The lowest BCUT2D eigenvalue weighted by Gasteiger charge is -2.32. The second kappa shape index (κ2) is 6.75. The molecule has 1 aliphatic heterocycles. The molecule has 0 spiro atoms. The van der Waals surface area contributed by atoms with E-state index in [9.17, 15) is 9.18 Å². The Morgan fingerprint density at radius 2 is 2.20 bits per heavy atom. The van der Waals surface area contributed by atoms with Crippen LogP contribution in [0.3, 0.4) is 0 Å². The molecule has 1 amide bonds. The molecule has 2 heterocycles. The Kier molecular flexibility index (Phi) is 4.46. The van der Waals surface area contributed by atoms with E-state index in [2.05, 4.69) is 10.1 Å². The van der Waals surface area contributed by atoms with Gasteiger partial charge in [-0.15, -0.1) is 0 Å². The second-order valence-electron chi connectivity index (χ2n) is 6.88. The first-order valence-corrected chi connectivity index (χ1v) is 9.05. The molecule has 0 bridgehead atoms. The highest BCUT2D eigenvalue weighted by Crippen LogP contribution is 2.38. The van der Waals surface area contributed by atoms with Crippen LogP contribution in [0.4, 0.5) is 4.39 Å². The lowest BCUT2D eigenvalue weighted by Crippen LogP contribution is -2.41. The number of amides is 1. The number of carbonyl (C=O) groups is 1. The maximum atomic E-state index is 14.0. The summed E-state index contributed by atoms with van der Waals surface area (Å²) in [6.07, 6.45) is 4.76. The fraction of sp³-hybridized carbons (Fsp3) is 0.500. The van der Waals surface area contributed by atoms with E-state index in [1.54, 1.807) is 4.90 Å². The minimum absolute atomic E-state index is 0.0429. The van der Waals surface area contributed by atoms with Crippen LogP contribution in [0.2, 0.25) is 5.02 Å². The van der Waals surface area contributed by atoms with Gasteiger partial charge in [0.05, 0.1) is 10.6 Å². The van der Waals surface area contributed by atoms with Crippen LogP contribution in [0.5, 0.6) is 0 Å². The monoisotopic (exact) mass is 363 g/mol. The summed E-state index contributed by atoms with van der Waals surface area (Å²) in [6.45, 7) is 1.15. The van der Waals surface area contributed by atoms with Gasteiger partial charge in [0.25, 0.3) is 5.91 Å². The van der Waals surface area contributed by atoms with Gasteiger partial charge in [-0.3, -0.25) is 4.79 Å². The third-order valence-corrected chi connectivity index (χ3v) is 5.19. The minimum Gasteiger partial charge on any atom is -0.339 e. The first-order chi connectivity index (χ1) is 12.1. The van der Waals surface area contributed by atoms with Crippen molar-refractivity contribution in [1.82, 2.24) is 15.0 Å². The Hall–Kier alpha value is -1.95. The molecule has 5 nitrogen and oxygen atoms in total. The van der Waals surface area contributed by atoms with Crippen LogP contribution >= 0.6 is 11.6 Å². The summed E-state index contributed by atoms with van der Waals surface area (Å²) in [5.74, 6) is 1.20. The average Bonchev–Trinajstić information content (AvgIpc) is 3.35. The van der Waals surface area contributed by atoms with Gasteiger partial charge in [0, 0.05) is 25.4 Å². The zero-order valence-electron chi connectivity index (χ0n) is 13.8. The Morgan fingerprint density at radius 1 is 1.36 bits per heavy atom. The van der Waals surface area contributed by atoms with Gasteiger partial charge < -0.3 is 9.42 Å². The van der Waals surface area contributed by atoms with E-state index in [0.717, 1.165) is 31.5 Å². The molecule has 1 aliphatic carbocycles. The molecule has 1 saturated heterocycles. The van der Waals surface area contributed by atoms with Gasteiger partial charge in [-0.1, -0.05) is 22.8 Å². The van der Waals surface area contributed by atoms with Gasteiger partial charge in [0.15, 0.2) is 5.82 Å². The van der Waals surface area contributed by atoms with Gasteiger partial charge in [0.1, 0.15) is 5.82 Å². The van der Waals surface area contributed by atoms with Crippen molar-refractivity contribution >= 4 is 17.5 Å². The molecular weight excluding hydrogens is 345 g/mol. The van der Waals surface area contributed by atoms with Crippen molar-refractivity contribution in [3.05, 3.63) is 46.3 Å². The molecule has 4 rings (SSSR count). The van der Waals surface area contributed by atoms with Crippen molar-refractivity contribution in [2.45, 2.75) is 38.0 Å². The zero-order valence-corrected chi connectivity index (χ0v) is 14.5. The van der Waals surface area contributed by atoms with Crippen LogP contribution in [-0.4, -0.2) is 34.0 Å². The largest absolute Gasteiger partial charge is 0.339 e. The number of nitrogens with zero attached hydrogens (tertiary/aromatic N) is 3. The van der Waals surface area contributed by atoms with Crippen molar-refractivity contribution in [3.63, 3.8) is 0 Å². The molecule has 7 heteroatoms. The van der Waals surface area contributed by atoms with E-state index in [1.807, 2.05) is 0 Å². The molecule has 132 valence electrons. The standard InChI is InChI=1S/C18H19ClFN3O2/c19-13-4-1-5-14(20)16(13)18(24)23-8-2-3-11(10-23)9-15-21-17(22-25-15)12-6-7-12/h1,4-5,11-12H,2-3,6-10H2. The highest BCUT2D eigenvalue weighted by Gasteiger charge is 2.31. The molecule has 1 atom stereocenters. The van der Waals surface area contributed by atoms with E-state index >= 15 is 0 Å². The number of halogens is 2. The third-order valence-electron chi connectivity index (χ3n) is 4.87. The highest BCUT2D eigenvalue weighted by atomic mass is 35.5. The predicted octanol–water partition coefficient (Wildman–Crippen LogP) is 3.83. The lowest BCUT2D eigenvalue weighted by atomic mass is 9.94. The Labute approximate surface area is 150 Å². The van der Waals surface area contributed by atoms with E-state index in [4.69, 9.17) is 16.1 Å². The Morgan fingerprint density at radius 3 is 2.96 bits per heavy atom. The van der Waals surface area contributed by atoms with Crippen LogP contribution in [0.15, 0.2) is 22.7 Å². The fourth-order valence-electron chi connectivity index (χ4n) is 3.38. The summed E-state index contributed by atoms with van der Waals surface area (Å²) in [4.78, 5) is 18.8. The third kappa shape index (κ3) is 3.54. The van der Waals surface area contributed by atoms with Crippen molar-refractivity contribution in [1.29, 1.82) is 0 Å². The molecular formula is C18H19ClFN3O2. The van der Waals surface area contributed by atoms with Crippen molar-refractivity contribution in [3.8, 4) is 0 Å². The first kappa shape index (κ1) is 16.5. The summed E-state index contributed by atoms with van der Waals surface area (Å²) >= 11 is 6.03. The summed E-state index contributed by atoms with van der Waals surface area (Å²) in [5.41, 5.74) is -0.0429. The lowest BCUT2D eigenvalue weighted by molar-refractivity contribution is 0.0663. The van der Waals surface area contributed by atoms with E-state index in [0.29, 0.717) is 31.3 Å². The van der Waals surface area contributed by atoms with E-state index in [1.165, 1.54) is 18.2 Å². The van der Waals surface area contributed by atoms with Crippen molar-refractivity contribution in [2.24, 2.45) is 5.92 Å². The number of hydrogen-bond donors (Lipinski definition) is 0. The van der Waals surface area contributed by atoms with Crippen LogP contribution in [-0.2, 0) is 6.42 Å². The first-order valence-electron chi connectivity index (χ1n) is 8.67. The summed E-state index contributed by atoms with van der Waals surface area (Å²) in [6, 6.07) is 4.30. The fourth-order valence-corrected chi connectivity index (χ4v) is 3.63. The summed E-state index contributed by atoms with van der Waals surface area (Å²) in [5, 5.41) is 4.19. The highest BCUT2D eigenvalue weighted by molar-refractivity contribution is 6.33. The molecule has 2 aromatic rings. The van der Waals surface area contributed by atoms with Gasteiger partial charge in [0.2, 0.25) is 5.89 Å². The summed E-state index contributed by atoms with van der Waals surface area (Å²) < 4.78 is 19.4. The maximum Gasteiger partial charge on any atom is 0.258 e. The molecule has 0 radical (unpaired) electrons. The molecule has 1 aromatic carbocycles. The van der Waals surface area contributed by atoms with Crippen LogP contribution in [0, 0.1) is 11.7 Å². The Balaban J connectivity index is 1.44. The average molecular weight is 364 g/mol. The zero-order chi connectivity index (χ0) is 17.4. The molecule has 25 heavy (non-hydrogen) atoms. The number of piperidine rings is 1. The van der Waals surface area contributed by atoms with E-state index in [-0.39, 0.29) is 22.4 Å². The molecule has 1 aromatic heterocycles. The normalized spacial score (nSPS) is 20.7. The van der Waals surface area contributed by atoms with Crippen molar-refractivity contribution in [2.75, 3.05) is 13.1 Å². The maximum absolute atomic E-state index is 14.0. The smallest absolute Gasteiger partial charge is 0.258 e. The van der Waals surface area contributed by atoms with Crippen LogP contribution in [0.1, 0.15) is 53.7 Å². The van der Waals surface area contributed by atoms with Gasteiger partial charge in [-0.25, -0.2) is 4.39 Å². The Bertz CT molecular complexity index is 770. The number of rotatable bonds is 4. The van der Waals surface area contributed by atoms with Crippen LogP contribution in [0.25, 0.3) is 0 Å². The topological polar surface area (TPSA) is 59.2 Å². The molecule has 2 aliphatic rings. The van der Waals surface area contributed by atoms with Crippen molar-refractivity contribution < 1.29 is 13.7 Å². The number of benzene rings is 1. The van der Waals surface area contributed by atoms with E-state index < -0.39 is 5.82 Å². The molecule has 1 unspecified atom stereocenters. The quantitative estimate of drug-likeness (QED) is 0.828. The number of likely N-dealkylation sites (tertiary alicyclic amines) is 1. The number of carbonyl (C=O) groups excluding carboxylic acids is 1. The SMILES string of the molecule is O=C(c1c(F)cccc1Cl)N1CCCC(Cc2nc(C3CC3)no2)C1. The number of hydrogen-bond acceptors (Lipinski definition) is 4. The minimum atomic E-state index is -0.578. The van der Waals surface area contributed by atoms with Gasteiger partial charge >= 0.3 is 0 Å². The van der Waals surface area contributed by atoms with Gasteiger partial charge in [-0.05, 0) is 43.7 Å². The molecule has 0 N–H and O–H groups in total. The number of aromatic nitrogens is 2. The molecule has 2 fully saturated rings. The predicted molar refractivity (Wildman–Crippen MR) is 90.0 cm³/mol. The van der Waals surface area contributed by atoms with Gasteiger partial charge in [-0.2, -0.15) is 4.98 Å². The molecule has 1 saturated carbocycles.